The van der Waals surface area contributed by atoms with Crippen LogP contribution in [0.3, 0.4) is 0 Å². The summed E-state index contributed by atoms with van der Waals surface area (Å²) in [5.74, 6) is 0. The molecule has 0 aliphatic heterocycles. The molecule has 2 N–H and O–H groups in total. The van der Waals surface area contributed by atoms with E-state index in [0.717, 1.165) is 23.8 Å². The minimum Gasteiger partial charge on any atom is -0.363 e. The van der Waals surface area contributed by atoms with Gasteiger partial charge in [0.05, 0.1) is 22.1 Å². The molecule has 0 fully saturated rings. The van der Waals surface area contributed by atoms with E-state index >= 15 is 0 Å². The number of rotatable bonds is 4. The third-order valence-electron chi connectivity index (χ3n) is 2.29. The molecule has 0 saturated carbocycles. The average molecular weight is 297 g/mol. The fraction of sp³-hybridized carbons (Fsp3) is 0.333. The summed E-state index contributed by atoms with van der Waals surface area (Å²) in [5.41, 5.74) is 1.07. The van der Waals surface area contributed by atoms with Crippen LogP contribution in [0, 0.1) is 6.92 Å². The van der Waals surface area contributed by atoms with Gasteiger partial charge in [0.25, 0.3) is 0 Å². The zero-order valence-electron chi connectivity index (χ0n) is 10.3. The van der Waals surface area contributed by atoms with Crippen LogP contribution in [0.1, 0.15) is 16.8 Å². The van der Waals surface area contributed by atoms with E-state index in [0.29, 0.717) is 5.11 Å². The molecule has 0 atom stereocenters. The largest absolute Gasteiger partial charge is 0.363 e. The minimum absolute atomic E-state index is 0.706. The monoisotopic (exact) mass is 297 g/mol. The lowest BCUT2D eigenvalue weighted by molar-refractivity contribution is 0.864. The van der Waals surface area contributed by atoms with Crippen molar-refractivity contribution in [1.29, 1.82) is 0 Å². The number of hydrogen-bond acceptors (Lipinski definition) is 4. The highest BCUT2D eigenvalue weighted by atomic mass is 32.1. The van der Waals surface area contributed by atoms with E-state index < -0.39 is 0 Å². The molecule has 2 aromatic heterocycles. The molecule has 0 aromatic carbocycles. The van der Waals surface area contributed by atoms with Crippen molar-refractivity contribution in [2.75, 3.05) is 6.54 Å². The second kappa shape index (κ2) is 6.26. The summed E-state index contributed by atoms with van der Waals surface area (Å²) in [4.78, 5) is 6.96. The Hall–Kier alpha value is -0.980. The normalized spacial score (nSPS) is 10.3. The van der Waals surface area contributed by atoms with Crippen LogP contribution in [0.15, 0.2) is 17.5 Å². The predicted octanol–water partition coefficient (Wildman–Crippen LogP) is 3.16. The predicted molar refractivity (Wildman–Crippen MR) is 83.3 cm³/mol. The number of nitrogens with one attached hydrogen (secondary N) is 2. The van der Waals surface area contributed by atoms with Gasteiger partial charge in [-0.2, -0.15) is 0 Å². The Balaban J connectivity index is 1.96. The molecular formula is C12H15N3S3. The molecule has 0 aliphatic carbocycles. The maximum atomic E-state index is 5.13. The van der Waals surface area contributed by atoms with Crippen LogP contribution in [-0.4, -0.2) is 16.6 Å². The van der Waals surface area contributed by atoms with Crippen LogP contribution in [0.25, 0.3) is 10.6 Å². The third kappa shape index (κ3) is 3.51. The van der Waals surface area contributed by atoms with Gasteiger partial charge in [0, 0.05) is 16.8 Å². The van der Waals surface area contributed by atoms with E-state index in [9.17, 15) is 0 Å². The molecule has 0 bridgehead atoms. The van der Waals surface area contributed by atoms with Gasteiger partial charge in [0.15, 0.2) is 5.11 Å². The Morgan fingerprint density at radius 3 is 2.89 bits per heavy atom. The Morgan fingerprint density at radius 2 is 2.22 bits per heavy atom. The summed E-state index contributed by atoms with van der Waals surface area (Å²) in [6.07, 6.45) is 0. The van der Waals surface area contributed by atoms with E-state index in [1.54, 1.807) is 22.7 Å². The number of aryl methyl sites for hydroxylation is 1. The molecular weight excluding hydrogens is 282 g/mol. The molecule has 2 aromatic rings. The molecule has 0 saturated heterocycles. The smallest absolute Gasteiger partial charge is 0.166 e. The van der Waals surface area contributed by atoms with Crippen molar-refractivity contribution < 1.29 is 0 Å². The van der Waals surface area contributed by atoms with Gasteiger partial charge >= 0.3 is 0 Å². The van der Waals surface area contributed by atoms with Gasteiger partial charge in [0.1, 0.15) is 0 Å². The fourth-order valence-electron chi connectivity index (χ4n) is 1.48. The fourth-order valence-corrected chi connectivity index (χ4v) is 3.29. The lowest BCUT2D eigenvalue weighted by Crippen LogP contribution is -2.34. The van der Waals surface area contributed by atoms with Crippen LogP contribution in [0.5, 0.6) is 0 Å². The average Bonchev–Trinajstić information content (AvgIpc) is 2.95. The van der Waals surface area contributed by atoms with Gasteiger partial charge in [-0.3, -0.25) is 0 Å². The third-order valence-corrected chi connectivity index (χ3v) is 4.46. The highest BCUT2D eigenvalue weighted by molar-refractivity contribution is 7.80. The van der Waals surface area contributed by atoms with Crippen molar-refractivity contribution in [3.05, 3.63) is 27.4 Å². The summed E-state index contributed by atoms with van der Waals surface area (Å²) in [7, 11) is 0. The number of thiocarbonyl (C=S) groups is 1. The molecule has 2 rings (SSSR count). The molecule has 0 radical (unpaired) electrons. The van der Waals surface area contributed by atoms with Crippen molar-refractivity contribution in [3.8, 4) is 10.6 Å². The molecule has 3 nitrogen and oxygen atoms in total. The number of aromatic nitrogens is 1. The van der Waals surface area contributed by atoms with Crippen molar-refractivity contribution in [2.45, 2.75) is 20.4 Å². The molecule has 96 valence electrons. The minimum atomic E-state index is 0.706. The summed E-state index contributed by atoms with van der Waals surface area (Å²) >= 11 is 8.56. The summed E-state index contributed by atoms with van der Waals surface area (Å²) < 4.78 is 0. The van der Waals surface area contributed by atoms with E-state index in [4.69, 9.17) is 12.2 Å². The van der Waals surface area contributed by atoms with Gasteiger partial charge in [-0.25, -0.2) is 4.98 Å². The van der Waals surface area contributed by atoms with Crippen molar-refractivity contribution >= 4 is 40.0 Å². The topological polar surface area (TPSA) is 37.0 Å². The van der Waals surface area contributed by atoms with Crippen LogP contribution in [-0.2, 0) is 6.54 Å². The van der Waals surface area contributed by atoms with Gasteiger partial charge in [0.2, 0.25) is 0 Å². The number of nitrogens with zero attached hydrogens (tertiary/aromatic N) is 1. The number of hydrogen-bond donors (Lipinski definition) is 2. The molecule has 0 spiro atoms. The Bertz CT molecular complexity index is 530. The lowest BCUT2D eigenvalue weighted by Gasteiger charge is -2.06. The SMILES string of the molecule is CCNC(=S)NCc1ccc(-c2csc(C)n2)s1. The zero-order valence-corrected chi connectivity index (χ0v) is 12.8. The van der Waals surface area contributed by atoms with Crippen molar-refractivity contribution in [1.82, 2.24) is 15.6 Å². The zero-order chi connectivity index (χ0) is 13.0. The standard InChI is InChI=1S/C12H15N3S3/c1-3-13-12(16)14-6-9-4-5-11(18-9)10-7-17-8(2)15-10/h4-5,7H,3,6H2,1-2H3,(H2,13,14,16). The number of thiazole rings is 1. The van der Waals surface area contributed by atoms with Gasteiger partial charge < -0.3 is 10.6 Å². The van der Waals surface area contributed by atoms with Gasteiger partial charge in [-0.15, -0.1) is 22.7 Å². The second-order valence-electron chi connectivity index (χ2n) is 3.73. The Labute approximate surface area is 120 Å². The van der Waals surface area contributed by atoms with Gasteiger partial charge in [-0.1, -0.05) is 0 Å². The molecule has 18 heavy (non-hydrogen) atoms. The number of thiophene rings is 1. The Morgan fingerprint density at radius 1 is 1.39 bits per heavy atom. The maximum absolute atomic E-state index is 5.13. The van der Waals surface area contributed by atoms with Crippen LogP contribution >= 0.6 is 34.9 Å². The van der Waals surface area contributed by atoms with E-state index in [2.05, 4.69) is 33.1 Å². The van der Waals surface area contributed by atoms with Gasteiger partial charge in [-0.05, 0) is 38.2 Å². The van der Waals surface area contributed by atoms with Crippen LogP contribution in [0.4, 0.5) is 0 Å². The first-order chi connectivity index (χ1) is 8.69. The first-order valence-corrected chi connectivity index (χ1v) is 7.82. The molecule has 0 aliphatic rings. The summed E-state index contributed by atoms with van der Waals surface area (Å²) in [5, 5.41) is 10.2. The molecule has 2 heterocycles. The first kappa shape index (κ1) is 13.5. The second-order valence-corrected chi connectivity index (χ2v) is 6.37. The van der Waals surface area contributed by atoms with Crippen LogP contribution < -0.4 is 10.6 Å². The quantitative estimate of drug-likeness (QED) is 0.850. The molecule has 0 unspecified atom stereocenters. The molecule has 0 amide bonds. The highest BCUT2D eigenvalue weighted by Crippen LogP contribution is 2.28. The van der Waals surface area contributed by atoms with Crippen LogP contribution in [0.2, 0.25) is 0 Å². The lowest BCUT2D eigenvalue weighted by atomic mass is 10.3. The van der Waals surface area contributed by atoms with E-state index in [1.807, 2.05) is 13.8 Å². The summed E-state index contributed by atoms with van der Waals surface area (Å²) in [6, 6.07) is 4.24. The van der Waals surface area contributed by atoms with E-state index in [1.165, 1.54) is 9.75 Å². The van der Waals surface area contributed by atoms with E-state index in [-0.39, 0.29) is 0 Å². The maximum Gasteiger partial charge on any atom is 0.166 e. The van der Waals surface area contributed by atoms with Crippen molar-refractivity contribution in [3.63, 3.8) is 0 Å². The molecule has 6 heteroatoms. The first-order valence-electron chi connectivity index (χ1n) is 5.72. The summed E-state index contributed by atoms with van der Waals surface area (Å²) in [6.45, 7) is 5.67. The van der Waals surface area contributed by atoms with Crippen molar-refractivity contribution in [2.24, 2.45) is 0 Å². The Kier molecular flexibility index (Phi) is 4.68. The highest BCUT2D eigenvalue weighted by Gasteiger charge is 2.06.